The highest BCUT2D eigenvalue weighted by Gasteiger charge is 2.65. The van der Waals surface area contributed by atoms with Gasteiger partial charge in [-0.05, 0) is 103 Å². The summed E-state index contributed by atoms with van der Waals surface area (Å²) in [6, 6.07) is 8.97. The standard InChI is InChI=1S/C35H44N2O4/c1-23-19-29-31-13-15-35(14-6-18-38,32(39)22-41-3)34(31,2)21-30(33(29)27-12-9-25(36-40)20-28(23)27)24-7-10-26(11-8-24)37-16-4-5-17-37/h7-8,10-11,20,23,25,29-31,38H,4-5,9,12-13,15-19,21-22H2,1-3H3/t23?,25?,29-,30?,31-,34-,35+/m0/s1. The summed E-state index contributed by atoms with van der Waals surface area (Å²) in [6.07, 6.45) is 9.80. The minimum Gasteiger partial charge on any atom is -0.384 e. The largest absolute Gasteiger partial charge is 0.384 e. The molecule has 0 aromatic heterocycles. The normalized spacial score (nSPS) is 36.0. The van der Waals surface area contributed by atoms with Crippen molar-refractivity contribution in [3.8, 4) is 11.8 Å². The fourth-order valence-corrected chi connectivity index (χ4v) is 9.56. The highest BCUT2D eigenvalue weighted by molar-refractivity contribution is 5.90. The van der Waals surface area contributed by atoms with Crippen molar-refractivity contribution in [2.24, 2.45) is 33.8 Å². The van der Waals surface area contributed by atoms with Crippen molar-refractivity contribution in [3.05, 3.63) is 57.5 Å². The Kier molecular flexibility index (Phi) is 7.72. The number of aliphatic hydroxyl groups excluding tert-OH is 1. The first-order valence-corrected chi connectivity index (χ1v) is 15.6. The summed E-state index contributed by atoms with van der Waals surface area (Å²) in [5.74, 6) is 7.52. The number of ketones is 1. The molecule has 1 N–H and O–H groups in total. The predicted octanol–water partition coefficient (Wildman–Crippen LogP) is 6.20. The van der Waals surface area contributed by atoms with Crippen molar-refractivity contribution >= 4 is 11.5 Å². The van der Waals surface area contributed by atoms with Gasteiger partial charge < -0.3 is 14.7 Å². The Morgan fingerprint density at radius 3 is 2.63 bits per heavy atom. The molecule has 1 aromatic carbocycles. The monoisotopic (exact) mass is 556 g/mol. The molecule has 41 heavy (non-hydrogen) atoms. The second-order valence-corrected chi connectivity index (χ2v) is 13.3. The maximum Gasteiger partial charge on any atom is 0.176 e. The van der Waals surface area contributed by atoms with Crippen molar-refractivity contribution in [1.29, 1.82) is 0 Å². The van der Waals surface area contributed by atoms with Gasteiger partial charge in [-0.3, -0.25) is 4.79 Å². The Hall–Kier alpha value is -2.75. The Morgan fingerprint density at radius 1 is 1.20 bits per heavy atom. The van der Waals surface area contributed by atoms with Gasteiger partial charge in [0.15, 0.2) is 5.78 Å². The molecule has 3 fully saturated rings. The van der Waals surface area contributed by atoms with Crippen LogP contribution in [0.15, 0.2) is 52.2 Å². The number of nitrogens with zero attached hydrogens (tertiary/aromatic N) is 2. The van der Waals surface area contributed by atoms with Crippen LogP contribution >= 0.6 is 0 Å². The van der Waals surface area contributed by atoms with Gasteiger partial charge in [0.25, 0.3) is 0 Å². The number of benzene rings is 1. The molecule has 0 amide bonds. The van der Waals surface area contributed by atoms with Crippen LogP contribution in [0.25, 0.3) is 0 Å². The lowest BCUT2D eigenvalue weighted by Crippen LogP contribution is -2.52. The number of allylic oxidation sites excluding steroid dienone is 3. The van der Waals surface area contributed by atoms with Crippen LogP contribution in [0.2, 0.25) is 0 Å². The van der Waals surface area contributed by atoms with Crippen molar-refractivity contribution in [3.63, 3.8) is 0 Å². The van der Waals surface area contributed by atoms with Crippen LogP contribution in [0.3, 0.4) is 0 Å². The Balaban J connectivity index is 1.50. The highest BCUT2D eigenvalue weighted by atomic mass is 16.5. The lowest BCUT2D eigenvalue weighted by atomic mass is 9.47. The minimum atomic E-state index is -0.835. The molecule has 0 radical (unpaired) electrons. The molecule has 1 heterocycles. The third-order valence-electron chi connectivity index (χ3n) is 11.4. The number of anilines is 1. The SMILES string of the molecule is COCC(=O)[C@@]1(C#CCO)CC[C@H]2[C@@H]3CC(C)C4=CC(N=O)CCC4=C3C(c3ccc(N4CCCC4)cc3)C[C@@]21C. The highest BCUT2D eigenvalue weighted by Crippen LogP contribution is 2.70. The Bertz CT molecular complexity index is 1310. The zero-order valence-electron chi connectivity index (χ0n) is 24.8. The summed E-state index contributed by atoms with van der Waals surface area (Å²) in [7, 11) is 1.58. The average molecular weight is 557 g/mol. The van der Waals surface area contributed by atoms with Crippen molar-refractivity contribution < 1.29 is 14.6 Å². The molecule has 3 unspecified atom stereocenters. The predicted molar refractivity (Wildman–Crippen MR) is 161 cm³/mol. The number of fused-ring (bicyclic) bond motifs is 4. The fourth-order valence-electron chi connectivity index (χ4n) is 9.56. The molecule has 4 aliphatic carbocycles. The van der Waals surface area contributed by atoms with Crippen LogP contribution < -0.4 is 4.90 Å². The van der Waals surface area contributed by atoms with E-state index in [1.807, 2.05) is 0 Å². The molecule has 6 rings (SSSR count). The molecule has 6 nitrogen and oxygen atoms in total. The minimum absolute atomic E-state index is 0.0413. The maximum absolute atomic E-state index is 13.9. The third-order valence-corrected chi connectivity index (χ3v) is 11.4. The van der Waals surface area contributed by atoms with Crippen molar-refractivity contribution in [2.75, 3.05) is 38.3 Å². The van der Waals surface area contributed by atoms with Gasteiger partial charge in [-0.1, -0.05) is 54.6 Å². The van der Waals surface area contributed by atoms with Gasteiger partial charge in [0.2, 0.25) is 0 Å². The van der Waals surface area contributed by atoms with E-state index in [1.165, 1.54) is 35.2 Å². The van der Waals surface area contributed by atoms with Crippen molar-refractivity contribution in [1.82, 2.24) is 0 Å². The Morgan fingerprint density at radius 2 is 1.95 bits per heavy atom. The van der Waals surface area contributed by atoms with E-state index >= 15 is 0 Å². The molecular formula is C35H44N2O4. The van der Waals surface area contributed by atoms with Gasteiger partial charge in [-0.2, -0.15) is 4.91 Å². The van der Waals surface area contributed by atoms with Crippen LogP contribution in [0, 0.1) is 45.3 Å². The average Bonchev–Trinajstić information content (AvgIpc) is 3.63. The maximum atomic E-state index is 13.9. The first kappa shape index (κ1) is 28.4. The van der Waals surface area contributed by atoms with Crippen LogP contribution in [0.1, 0.15) is 76.7 Å². The number of carbonyl (C=O) groups is 1. The second-order valence-electron chi connectivity index (χ2n) is 13.3. The summed E-state index contributed by atoms with van der Waals surface area (Å²) in [5.41, 5.74) is 5.73. The van der Waals surface area contributed by atoms with Crippen LogP contribution in [-0.4, -0.2) is 50.3 Å². The van der Waals surface area contributed by atoms with Gasteiger partial charge in [-0.15, -0.1) is 0 Å². The number of carbonyl (C=O) groups excluding carboxylic acids is 1. The molecule has 0 bridgehead atoms. The molecule has 218 valence electrons. The number of aliphatic hydroxyl groups is 1. The van der Waals surface area contributed by atoms with Gasteiger partial charge in [0.1, 0.15) is 19.3 Å². The van der Waals surface area contributed by atoms with Crippen molar-refractivity contribution in [2.45, 2.75) is 77.2 Å². The van der Waals surface area contributed by atoms with Gasteiger partial charge >= 0.3 is 0 Å². The number of methoxy groups -OCH3 is 1. The molecule has 7 atom stereocenters. The van der Waals surface area contributed by atoms with E-state index in [0.717, 1.165) is 45.2 Å². The summed E-state index contributed by atoms with van der Waals surface area (Å²) in [6.45, 7) is 6.63. The molecule has 1 aromatic rings. The molecule has 1 saturated heterocycles. The van der Waals surface area contributed by atoms with Gasteiger partial charge in [0.05, 0.1) is 5.41 Å². The van der Waals surface area contributed by atoms with E-state index in [0.29, 0.717) is 24.2 Å². The summed E-state index contributed by atoms with van der Waals surface area (Å²) in [4.78, 5) is 27.9. The fraction of sp³-hybridized carbons (Fsp3) is 0.629. The lowest BCUT2D eigenvalue weighted by Gasteiger charge is -2.55. The zero-order chi connectivity index (χ0) is 28.8. The molecule has 1 aliphatic heterocycles. The molecular weight excluding hydrogens is 512 g/mol. The van der Waals surface area contributed by atoms with E-state index in [9.17, 15) is 14.8 Å². The number of Topliss-reactive ketones (excluding diaryl/α,β-unsaturated/α-hetero) is 1. The smallest absolute Gasteiger partial charge is 0.176 e. The zero-order valence-corrected chi connectivity index (χ0v) is 24.8. The third kappa shape index (κ3) is 4.51. The number of hydrogen-bond acceptors (Lipinski definition) is 6. The summed E-state index contributed by atoms with van der Waals surface area (Å²) in [5, 5.41) is 13.1. The number of hydrogen-bond donors (Lipinski definition) is 1. The second kappa shape index (κ2) is 11.2. The summed E-state index contributed by atoms with van der Waals surface area (Å²) >= 11 is 0. The molecule has 0 spiro atoms. The van der Waals surface area contributed by atoms with Crippen LogP contribution in [-0.2, 0) is 9.53 Å². The molecule has 2 saturated carbocycles. The quantitative estimate of drug-likeness (QED) is 0.334. The lowest BCUT2D eigenvalue weighted by molar-refractivity contribution is -0.136. The van der Waals surface area contributed by atoms with E-state index in [4.69, 9.17) is 4.74 Å². The van der Waals surface area contributed by atoms with E-state index in [1.54, 1.807) is 12.7 Å². The first-order chi connectivity index (χ1) is 19.9. The first-order valence-electron chi connectivity index (χ1n) is 15.6. The van der Waals surface area contributed by atoms with E-state index in [2.05, 4.69) is 66.1 Å². The number of nitroso groups, excluding NO2 is 1. The topological polar surface area (TPSA) is 79.2 Å². The Labute approximate surface area is 244 Å². The van der Waals surface area contributed by atoms with Gasteiger partial charge in [0, 0.05) is 31.8 Å². The molecule has 5 aliphatic rings. The van der Waals surface area contributed by atoms with Crippen LogP contribution in [0.4, 0.5) is 5.69 Å². The number of rotatable bonds is 6. The summed E-state index contributed by atoms with van der Waals surface area (Å²) < 4.78 is 5.40. The van der Waals surface area contributed by atoms with E-state index < -0.39 is 5.41 Å². The molecule has 6 heteroatoms. The number of ether oxygens (including phenoxy) is 1. The van der Waals surface area contributed by atoms with Crippen LogP contribution in [0.5, 0.6) is 0 Å². The van der Waals surface area contributed by atoms with E-state index in [-0.39, 0.29) is 36.4 Å². The van der Waals surface area contributed by atoms with Gasteiger partial charge in [-0.25, -0.2) is 0 Å².